The molecule has 1 N–H and O–H groups in total. The van der Waals surface area contributed by atoms with Gasteiger partial charge in [0.2, 0.25) is 0 Å². The molecule has 3 rings (SSSR count). The molecule has 112 valence electrons. The van der Waals surface area contributed by atoms with E-state index in [9.17, 15) is 9.18 Å². The number of Topliss-reactive ketones (excluding diaryl/α,β-unsaturated/α-hetero) is 1. The maximum absolute atomic E-state index is 13.0. The highest BCUT2D eigenvalue weighted by molar-refractivity contribution is 6.09. The first-order chi connectivity index (χ1) is 10.7. The SMILES string of the molecule is CCN(CC(=O)c1c[nH]c2ccccc12)c1ccc(F)cc1. The molecular weight excluding hydrogens is 279 g/mol. The first-order valence-corrected chi connectivity index (χ1v) is 7.29. The van der Waals surface area contributed by atoms with Gasteiger partial charge in [0, 0.05) is 34.9 Å². The molecule has 0 aliphatic heterocycles. The molecule has 0 amide bonds. The number of hydrogen-bond acceptors (Lipinski definition) is 2. The number of aromatic amines is 1. The Labute approximate surface area is 128 Å². The van der Waals surface area contributed by atoms with Crippen LogP contribution in [-0.2, 0) is 0 Å². The first-order valence-electron chi connectivity index (χ1n) is 7.29. The summed E-state index contributed by atoms with van der Waals surface area (Å²) in [6.45, 7) is 2.93. The summed E-state index contributed by atoms with van der Waals surface area (Å²) in [6.07, 6.45) is 1.76. The van der Waals surface area contributed by atoms with Gasteiger partial charge in [0.05, 0.1) is 6.54 Å². The fourth-order valence-corrected chi connectivity index (χ4v) is 2.60. The molecule has 3 aromatic rings. The molecule has 0 saturated heterocycles. The van der Waals surface area contributed by atoms with Crippen LogP contribution in [0.25, 0.3) is 10.9 Å². The number of likely N-dealkylation sites (N-methyl/N-ethyl adjacent to an activating group) is 1. The monoisotopic (exact) mass is 296 g/mol. The Kier molecular flexibility index (Phi) is 3.92. The summed E-state index contributed by atoms with van der Waals surface area (Å²) in [5.74, 6) is -0.230. The smallest absolute Gasteiger partial charge is 0.184 e. The molecule has 0 aliphatic rings. The lowest BCUT2D eigenvalue weighted by Gasteiger charge is -2.22. The van der Waals surface area contributed by atoms with Crippen molar-refractivity contribution < 1.29 is 9.18 Å². The molecule has 0 radical (unpaired) electrons. The van der Waals surface area contributed by atoms with Gasteiger partial charge in [-0.15, -0.1) is 0 Å². The lowest BCUT2D eigenvalue weighted by molar-refractivity contribution is 0.100. The maximum Gasteiger partial charge on any atom is 0.184 e. The number of carbonyl (C=O) groups excluding carboxylic acids is 1. The molecule has 0 atom stereocenters. The molecular formula is C18H17FN2O. The van der Waals surface area contributed by atoms with Crippen LogP contribution >= 0.6 is 0 Å². The van der Waals surface area contributed by atoms with Crippen LogP contribution in [0.2, 0.25) is 0 Å². The number of rotatable bonds is 5. The Morgan fingerprint density at radius 3 is 2.59 bits per heavy atom. The minimum atomic E-state index is -0.275. The van der Waals surface area contributed by atoms with E-state index in [0.29, 0.717) is 12.1 Å². The van der Waals surface area contributed by atoms with E-state index in [-0.39, 0.29) is 18.1 Å². The van der Waals surface area contributed by atoms with Crippen molar-refractivity contribution in [2.45, 2.75) is 6.92 Å². The lowest BCUT2D eigenvalue weighted by atomic mass is 10.1. The van der Waals surface area contributed by atoms with Crippen molar-refractivity contribution in [1.29, 1.82) is 0 Å². The minimum Gasteiger partial charge on any atom is -0.364 e. The number of hydrogen-bond donors (Lipinski definition) is 1. The van der Waals surface area contributed by atoms with Crippen molar-refractivity contribution in [3.8, 4) is 0 Å². The van der Waals surface area contributed by atoms with Gasteiger partial charge in [-0.25, -0.2) is 4.39 Å². The number of fused-ring (bicyclic) bond motifs is 1. The number of anilines is 1. The third-order valence-electron chi connectivity index (χ3n) is 3.80. The van der Waals surface area contributed by atoms with Gasteiger partial charge in [0.25, 0.3) is 0 Å². The molecule has 0 aliphatic carbocycles. The van der Waals surface area contributed by atoms with Crippen LogP contribution in [0.4, 0.5) is 10.1 Å². The van der Waals surface area contributed by atoms with Crippen LogP contribution < -0.4 is 4.90 Å². The molecule has 4 heteroatoms. The molecule has 1 heterocycles. The fourth-order valence-electron chi connectivity index (χ4n) is 2.60. The van der Waals surface area contributed by atoms with Gasteiger partial charge in [-0.05, 0) is 37.3 Å². The van der Waals surface area contributed by atoms with Gasteiger partial charge < -0.3 is 9.88 Å². The van der Waals surface area contributed by atoms with E-state index in [1.807, 2.05) is 36.1 Å². The second-order valence-corrected chi connectivity index (χ2v) is 5.16. The number of para-hydroxylation sites is 1. The van der Waals surface area contributed by atoms with Crippen molar-refractivity contribution in [3.63, 3.8) is 0 Å². The predicted molar refractivity (Wildman–Crippen MR) is 86.9 cm³/mol. The van der Waals surface area contributed by atoms with Crippen LogP contribution in [0.15, 0.2) is 54.7 Å². The Balaban J connectivity index is 1.84. The highest BCUT2D eigenvalue weighted by atomic mass is 19.1. The van der Waals surface area contributed by atoms with E-state index in [1.165, 1.54) is 12.1 Å². The van der Waals surface area contributed by atoms with E-state index >= 15 is 0 Å². The zero-order valence-corrected chi connectivity index (χ0v) is 12.3. The largest absolute Gasteiger partial charge is 0.364 e. The van der Waals surface area contributed by atoms with Crippen LogP contribution in [0, 0.1) is 5.82 Å². The van der Waals surface area contributed by atoms with Gasteiger partial charge in [-0.3, -0.25) is 4.79 Å². The average molecular weight is 296 g/mol. The van der Waals surface area contributed by atoms with Gasteiger partial charge >= 0.3 is 0 Å². The summed E-state index contributed by atoms with van der Waals surface area (Å²) in [7, 11) is 0. The summed E-state index contributed by atoms with van der Waals surface area (Å²) in [6, 6.07) is 14.0. The summed E-state index contributed by atoms with van der Waals surface area (Å²) >= 11 is 0. The van der Waals surface area contributed by atoms with Crippen molar-refractivity contribution in [3.05, 3.63) is 66.1 Å². The predicted octanol–water partition coefficient (Wildman–Crippen LogP) is 4.02. The van der Waals surface area contributed by atoms with Crippen LogP contribution in [-0.4, -0.2) is 23.9 Å². The zero-order chi connectivity index (χ0) is 15.5. The number of aromatic nitrogens is 1. The van der Waals surface area contributed by atoms with Crippen LogP contribution in [0.3, 0.4) is 0 Å². The number of nitrogens with one attached hydrogen (secondary N) is 1. The summed E-state index contributed by atoms with van der Waals surface area (Å²) in [4.78, 5) is 17.6. The molecule has 0 saturated carbocycles. The molecule has 0 unspecified atom stereocenters. The van der Waals surface area contributed by atoms with Gasteiger partial charge in [-0.2, -0.15) is 0 Å². The third-order valence-corrected chi connectivity index (χ3v) is 3.80. The van der Waals surface area contributed by atoms with Crippen LogP contribution in [0.5, 0.6) is 0 Å². The average Bonchev–Trinajstić information content (AvgIpc) is 2.97. The second kappa shape index (κ2) is 6.02. The molecule has 1 aromatic heterocycles. The number of H-pyrrole nitrogens is 1. The fraction of sp³-hybridized carbons (Fsp3) is 0.167. The highest BCUT2D eigenvalue weighted by Crippen LogP contribution is 2.20. The zero-order valence-electron chi connectivity index (χ0n) is 12.3. The Morgan fingerprint density at radius 2 is 1.86 bits per heavy atom. The van der Waals surface area contributed by atoms with Crippen molar-refractivity contribution >= 4 is 22.4 Å². The molecule has 22 heavy (non-hydrogen) atoms. The standard InChI is InChI=1S/C18H17FN2O/c1-2-21(14-9-7-13(19)8-10-14)12-18(22)16-11-20-17-6-4-3-5-15(16)17/h3-11,20H,2,12H2,1H3. The second-order valence-electron chi connectivity index (χ2n) is 5.16. The molecule has 0 bridgehead atoms. The summed E-state index contributed by atoms with van der Waals surface area (Å²) in [5, 5.41) is 0.933. The highest BCUT2D eigenvalue weighted by Gasteiger charge is 2.15. The van der Waals surface area contributed by atoms with Crippen molar-refractivity contribution in [2.24, 2.45) is 0 Å². The quantitative estimate of drug-likeness (QED) is 0.722. The van der Waals surface area contributed by atoms with Gasteiger partial charge in [0.1, 0.15) is 5.82 Å². The summed E-state index contributed by atoms with van der Waals surface area (Å²) < 4.78 is 13.0. The number of nitrogens with zero attached hydrogens (tertiary/aromatic N) is 1. The Bertz CT molecular complexity index is 792. The molecule has 0 spiro atoms. The third kappa shape index (κ3) is 2.72. The lowest BCUT2D eigenvalue weighted by Crippen LogP contribution is -2.29. The minimum absolute atomic E-state index is 0.0450. The van der Waals surface area contributed by atoms with Gasteiger partial charge in [-0.1, -0.05) is 18.2 Å². The topological polar surface area (TPSA) is 36.1 Å². The maximum atomic E-state index is 13.0. The van der Waals surface area contributed by atoms with E-state index < -0.39 is 0 Å². The van der Waals surface area contributed by atoms with Crippen molar-refractivity contribution in [2.75, 3.05) is 18.0 Å². The van der Waals surface area contributed by atoms with Crippen LogP contribution in [0.1, 0.15) is 17.3 Å². The van der Waals surface area contributed by atoms with Gasteiger partial charge in [0.15, 0.2) is 5.78 Å². The summed E-state index contributed by atoms with van der Waals surface area (Å²) in [5.41, 5.74) is 2.49. The number of benzene rings is 2. The number of halogens is 1. The Morgan fingerprint density at radius 1 is 1.14 bits per heavy atom. The molecule has 3 nitrogen and oxygen atoms in total. The molecule has 2 aromatic carbocycles. The molecule has 0 fully saturated rings. The number of ketones is 1. The Hall–Kier alpha value is -2.62. The van der Waals surface area contributed by atoms with Crippen molar-refractivity contribution in [1.82, 2.24) is 4.98 Å². The van der Waals surface area contributed by atoms with E-state index in [0.717, 1.165) is 16.6 Å². The first kappa shape index (κ1) is 14.3. The van der Waals surface area contributed by atoms with E-state index in [4.69, 9.17) is 0 Å². The van der Waals surface area contributed by atoms with E-state index in [2.05, 4.69) is 4.98 Å². The normalized spacial score (nSPS) is 10.8. The number of carbonyl (C=O) groups is 1. The van der Waals surface area contributed by atoms with E-state index in [1.54, 1.807) is 18.3 Å².